The molecule has 5 rings (SSSR count). The van der Waals surface area contributed by atoms with E-state index in [1.807, 2.05) is 25.1 Å². The fraction of sp³-hybridized carbons (Fsp3) is 0.138. The fourth-order valence-electron chi connectivity index (χ4n) is 4.52. The molecule has 1 aliphatic rings. The van der Waals surface area contributed by atoms with E-state index in [4.69, 9.17) is 4.74 Å². The Morgan fingerprint density at radius 2 is 1.74 bits per heavy atom. The van der Waals surface area contributed by atoms with Crippen LogP contribution in [-0.4, -0.2) is 28.7 Å². The maximum absolute atomic E-state index is 15.3. The SMILES string of the molecule is COc1ccc(NC(=O)C2=C(C)Nc3c(C(=O)Nc4cccc(C)c4)cnn3C2c2cc(Br)ccc2F)cc1. The van der Waals surface area contributed by atoms with E-state index in [1.54, 1.807) is 56.5 Å². The van der Waals surface area contributed by atoms with Crippen molar-refractivity contribution in [2.75, 3.05) is 23.1 Å². The van der Waals surface area contributed by atoms with Crippen molar-refractivity contribution >= 4 is 44.9 Å². The van der Waals surface area contributed by atoms with Crippen molar-refractivity contribution in [3.05, 3.63) is 111 Å². The predicted molar refractivity (Wildman–Crippen MR) is 152 cm³/mol. The average Bonchev–Trinajstić information content (AvgIpc) is 3.33. The molecule has 2 heterocycles. The van der Waals surface area contributed by atoms with Gasteiger partial charge in [-0.3, -0.25) is 9.59 Å². The predicted octanol–water partition coefficient (Wildman–Crippen LogP) is 6.28. The highest BCUT2D eigenvalue weighted by molar-refractivity contribution is 9.10. The maximum Gasteiger partial charge on any atom is 0.261 e. The van der Waals surface area contributed by atoms with Crippen LogP contribution >= 0.6 is 15.9 Å². The Kier molecular flexibility index (Phi) is 7.21. The maximum atomic E-state index is 15.3. The molecule has 39 heavy (non-hydrogen) atoms. The van der Waals surface area contributed by atoms with E-state index in [1.165, 1.54) is 16.9 Å². The molecule has 1 atom stereocenters. The smallest absolute Gasteiger partial charge is 0.261 e. The minimum absolute atomic E-state index is 0.222. The third-order valence-corrected chi connectivity index (χ3v) is 6.88. The van der Waals surface area contributed by atoms with Crippen LogP contribution in [0.3, 0.4) is 0 Å². The van der Waals surface area contributed by atoms with E-state index in [0.717, 1.165) is 5.56 Å². The summed E-state index contributed by atoms with van der Waals surface area (Å²) < 4.78 is 22.6. The number of rotatable bonds is 6. The highest BCUT2D eigenvalue weighted by atomic mass is 79.9. The molecule has 0 spiro atoms. The third kappa shape index (κ3) is 5.28. The molecule has 10 heteroatoms. The van der Waals surface area contributed by atoms with Crippen LogP contribution in [0.4, 0.5) is 21.6 Å². The van der Waals surface area contributed by atoms with Gasteiger partial charge < -0.3 is 20.7 Å². The van der Waals surface area contributed by atoms with Gasteiger partial charge in [-0.15, -0.1) is 0 Å². The number of ether oxygens (including phenoxy) is 1. The number of anilines is 3. The van der Waals surface area contributed by atoms with Gasteiger partial charge in [-0.2, -0.15) is 5.10 Å². The highest BCUT2D eigenvalue weighted by Gasteiger charge is 2.36. The number of allylic oxidation sites excluding steroid dienone is 1. The van der Waals surface area contributed by atoms with Gasteiger partial charge in [0.25, 0.3) is 11.8 Å². The Morgan fingerprint density at radius 1 is 1.00 bits per heavy atom. The number of halogens is 2. The van der Waals surface area contributed by atoms with Gasteiger partial charge in [0.15, 0.2) is 0 Å². The van der Waals surface area contributed by atoms with Crippen LogP contribution in [0.15, 0.2) is 88.7 Å². The second-order valence-electron chi connectivity index (χ2n) is 9.09. The lowest BCUT2D eigenvalue weighted by atomic mass is 9.94. The van der Waals surface area contributed by atoms with Crippen LogP contribution in [0.5, 0.6) is 5.75 Å². The Hall–Kier alpha value is -4.44. The molecule has 0 fully saturated rings. The first-order valence-corrected chi connectivity index (χ1v) is 12.9. The lowest BCUT2D eigenvalue weighted by molar-refractivity contribution is -0.113. The number of aryl methyl sites for hydroxylation is 1. The third-order valence-electron chi connectivity index (χ3n) is 6.39. The number of carbonyl (C=O) groups is 2. The normalized spacial score (nSPS) is 14.3. The molecule has 198 valence electrons. The minimum Gasteiger partial charge on any atom is -0.497 e. The number of methoxy groups -OCH3 is 1. The standard InChI is InChI=1S/C29H25BrFN5O3/c1-16-5-4-6-20(13-16)35-28(37)23-15-32-36-26(22-14-18(30)7-12-24(22)31)25(17(2)33-27(23)36)29(38)34-19-8-10-21(39-3)11-9-19/h4-15,26,33H,1-3H3,(H,34,38)(H,35,37). The first-order valence-electron chi connectivity index (χ1n) is 12.1. The summed E-state index contributed by atoms with van der Waals surface area (Å²) in [4.78, 5) is 26.9. The number of nitrogens with one attached hydrogen (secondary N) is 3. The molecule has 0 saturated heterocycles. The van der Waals surface area contributed by atoms with E-state index < -0.39 is 17.8 Å². The van der Waals surface area contributed by atoms with Crippen molar-refractivity contribution in [2.45, 2.75) is 19.9 Å². The van der Waals surface area contributed by atoms with Crippen LogP contribution in [-0.2, 0) is 4.79 Å². The largest absolute Gasteiger partial charge is 0.497 e. The number of hydrogen-bond acceptors (Lipinski definition) is 5. The molecule has 0 aliphatic carbocycles. The lowest BCUT2D eigenvalue weighted by Crippen LogP contribution is -2.32. The Labute approximate surface area is 233 Å². The van der Waals surface area contributed by atoms with Crippen LogP contribution in [0.1, 0.15) is 34.5 Å². The van der Waals surface area contributed by atoms with Crippen molar-refractivity contribution in [3.8, 4) is 5.75 Å². The molecule has 0 radical (unpaired) electrons. The zero-order chi connectivity index (χ0) is 27.7. The van der Waals surface area contributed by atoms with E-state index in [0.29, 0.717) is 33.1 Å². The molecule has 1 aliphatic heterocycles. The van der Waals surface area contributed by atoms with Crippen molar-refractivity contribution in [2.24, 2.45) is 0 Å². The van der Waals surface area contributed by atoms with Gasteiger partial charge in [0.2, 0.25) is 0 Å². The molecule has 2 amide bonds. The Bertz CT molecular complexity index is 1610. The summed E-state index contributed by atoms with van der Waals surface area (Å²) in [7, 11) is 1.56. The van der Waals surface area contributed by atoms with Crippen molar-refractivity contribution in [1.29, 1.82) is 0 Å². The number of carbonyl (C=O) groups excluding carboxylic acids is 2. The summed E-state index contributed by atoms with van der Waals surface area (Å²) in [6.07, 6.45) is 1.41. The molecular weight excluding hydrogens is 565 g/mol. The number of aromatic nitrogens is 2. The van der Waals surface area contributed by atoms with Crippen molar-refractivity contribution in [3.63, 3.8) is 0 Å². The van der Waals surface area contributed by atoms with Gasteiger partial charge in [-0.05, 0) is 74.0 Å². The molecule has 1 unspecified atom stereocenters. The highest BCUT2D eigenvalue weighted by Crippen LogP contribution is 2.39. The van der Waals surface area contributed by atoms with E-state index in [2.05, 4.69) is 37.0 Å². The molecule has 0 saturated carbocycles. The van der Waals surface area contributed by atoms with Crippen LogP contribution < -0.4 is 20.7 Å². The Morgan fingerprint density at radius 3 is 2.46 bits per heavy atom. The second-order valence-corrected chi connectivity index (χ2v) is 10.0. The van der Waals surface area contributed by atoms with Crippen LogP contribution in [0.25, 0.3) is 0 Å². The molecular formula is C29H25BrFN5O3. The molecule has 3 aromatic carbocycles. The lowest BCUT2D eigenvalue weighted by Gasteiger charge is -2.30. The minimum atomic E-state index is -0.947. The van der Waals surface area contributed by atoms with E-state index >= 15 is 4.39 Å². The van der Waals surface area contributed by atoms with Crippen molar-refractivity contribution < 1.29 is 18.7 Å². The second kappa shape index (κ2) is 10.7. The summed E-state index contributed by atoms with van der Waals surface area (Å²) in [5.74, 6) is -0.347. The summed E-state index contributed by atoms with van der Waals surface area (Å²) in [5, 5.41) is 13.4. The average molecular weight is 590 g/mol. The van der Waals surface area contributed by atoms with Gasteiger partial charge in [-0.1, -0.05) is 28.1 Å². The Balaban J connectivity index is 1.55. The number of nitrogens with zero attached hydrogens (tertiary/aromatic N) is 2. The van der Waals surface area contributed by atoms with E-state index in [9.17, 15) is 9.59 Å². The van der Waals surface area contributed by atoms with Gasteiger partial charge in [0.1, 0.15) is 29.0 Å². The van der Waals surface area contributed by atoms with E-state index in [-0.39, 0.29) is 22.6 Å². The zero-order valence-electron chi connectivity index (χ0n) is 21.4. The number of fused-ring (bicyclic) bond motifs is 1. The first kappa shape index (κ1) is 26.2. The summed E-state index contributed by atoms with van der Waals surface area (Å²) >= 11 is 3.41. The molecule has 8 nitrogen and oxygen atoms in total. The number of hydrogen-bond donors (Lipinski definition) is 3. The summed E-state index contributed by atoms with van der Waals surface area (Å²) in [6.45, 7) is 3.65. The van der Waals surface area contributed by atoms with Crippen molar-refractivity contribution in [1.82, 2.24) is 9.78 Å². The molecule has 1 aromatic heterocycles. The topological polar surface area (TPSA) is 97.3 Å². The quantitative estimate of drug-likeness (QED) is 0.246. The van der Waals surface area contributed by atoms with Crippen LogP contribution in [0, 0.1) is 12.7 Å². The van der Waals surface area contributed by atoms with Gasteiger partial charge in [0, 0.05) is 27.1 Å². The van der Waals surface area contributed by atoms with Gasteiger partial charge >= 0.3 is 0 Å². The molecule has 0 bridgehead atoms. The summed E-state index contributed by atoms with van der Waals surface area (Å²) in [5.41, 5.74) is 3.37. The summed E-state index contributed by atoms with van der Waals surface area (Å²) in [6, 6.07) is 17.9. The van der Waals surface area contributed by atoms with Crippen LogP contribution in [0.2, 0.25) is 0 Å². The number of benzene rings is 3. The van der Waals surface area contributed by atoms with Gasteiger partial charge in [-0.25, -0.2) is 9.07 Å². The number of amides is 2. The fourth-order valence-corrected chi connectivity index (χ4v) is 4.90. The van der Waals surface area contributed by atoms with Gasteiger partial charge in [0.05, 0.1) is 18.9 Å². The molecule has 3 N–H and O–H groups in total. The zero-order valence-corrected chi connectivity index (χ0v) is 23.0. The monoisotopic (exact) mass is 589 g/mol. The first-order chi connectivity index (χ1) is 18.7. The molecule has 4 aromatic rings.